The molecule has 0 aliphatic heterocycles. The van der Waals surface area contributed by atoms with Crippen LogP contribution >= 0.6 is 23.1 Å². The minimum absolute atomic E-state index is 0.190. The molecule has 1 unspecified atom stereocenters. The van der Waals surface area contributed by atoms with Crippen molar-refractivity contribution in [2.24, 2.45) is 0 Å². The molecule has 2 aromatic rings. The number of thioether (sulfide) groups is 1. The lowest BCUT2D eigenvalue weighted by atomic mass is 10.2. The molecule has 0 spiro atoms. The molecule has 0 bridgehead atoms. The molecule has 0 aliphatic carbocycles. The Morgan fingerprint density at radius 1 is 1.22 bits per heavy atom. The number of nitrogens with zero attached hydrogens (tertiary/aromatic N) is 1. The van der Waals surface area contributed by atoms with Crippen molar-refractivity contribution in [2.75, 3.05) is 13.2 Å². The zero-order valence-corrected chi connectivity index (χ0v) is 14.7. The fourth-order valence-corrected chi connectivity index (χ4v) is 4.27. The number of carbonyl (C=O) groups is 2. The number of para-hydroxylation sites is 1. The smallest absolute Gasteiger partial charge is 0.319 e. The Balaban J connectivity index is 2.06. The molecule has 7 heteroatoms. The molecule has 1 aromatic heterocycles. The zero-order valence-electron chi connectivity index (χ0n) is 13.1. The van der Waals surface area contributed by atoms with E-state index in [1.807, 2.05) is 24.3 Å². The first-order valence-electron chi connectivity index (χ1n) is 7.48. The van der Waals surface area contributed by atoms with E-state index in [9.17, 15) is 9.59 Å². The topological polar surface area (TPSA) is 65.5 Å². The van der Waals surface area contributed by atoms with E-state index in [-0.39, 0.29) is 18.4 Å². The van der Waals surface area contributed by atoms with Crippen LogP contribution in [0.2, 0.25) is 0 Å². The normalized spacial score (nSPS) is 12.1. The van der Waals surface area contributed by atoms with Crippen LogP contribution in [0.4, 0.5) is 0 Å². The van der Waals surface area contributed by atoms with Crippen LogP contribution in [-0.2, 0) is 19.1 Å². The van der Waals surface area contributed by atoms with Crippen molar-refractivity contribution in [3.8, 4) is 0 Å². The second-order valence-corrected chi connectivity index (χ2v) is 7.13. The first-order chi connectivity index (χ1) is 11.1. The van der Waals surface area contributed by atoms with Gasteiger partial charge in [0, 0.05) is 6.42 Å². The highest BCUT2D eigenvalue weighted by Crippen LogP contribution is 2.34. The predicted octanol–water partition coefficient (Wildman–Crippen LogP) is 3.66. The van der Waals surface area contributed by atoms with Crippen molar-refractivity contribution < 1.29 is 19.1 Å². The monoisotopic (exact) mass is 353 g/mol. The molecule has 1 heterocycles. The predicted molar refractivity (Wildman–Crippen MR) is 91.8 cm³/mol. The third-order valence-corrected chi connectivity index (χ3v) is 5.36. The van der Waals surface area contributed by atoms with Crippen molar-refractivity contribution in [2.45, 2.75) is 36.3 Å². The van der Waals surface area contributed by atoms with Gasteiger partial charge in [0.05, 0.1) is 23.4 Å². The summed E-state index contributed by atoms with van der Waals surface area (Å²) in [6.07, 6.45) is 0.563. The molecule has 0 fully saturated rings. The molecule has 0 amide bonds. The number of hydrogen-bond acceptors (Lipinski definition) is 7. The number of thiazole rings is 1. The molecule has 5 nitrogen and oxygen atoms in total. The highest BCUT2D eigenvalue weighted by atomic mass is 32.2. The van der Waals surface area contributed by atoms with Crippen molar-refractivity contribution in [1.29, 1.82) is 0 Å². The molecule has 124 valence electrons. The summed E-state index contributed by atoms with van der Waals surface area (Å²) in [5, 5.41) is -0.458. The Morgan fingerprint density at radius 3 is 2.65 bits per heavy atom. The highest BCUT2D eigenvalue weighted by Gasteiger charge is 2.24. The summed E-state index contributed by atoms with van der Waals surface area (Å²) < 4.78 is 11.9. The summed E-state index contributed by atoms with van der Waals surface area (Å²) in [7, 11) is 0. The van der Waals surface area contributed by atoms with E-state index < -0.39 is 5.25 Å². The number of benzene rings is 1. The standard InChI is InChI=1S/C16H19NO4S2/c1-3-20-14(18)10-9-13(15(19)21-4-2)23-16-17-11-7-5-6-8-12(11)22-16/h5-8,13H,3-4,9-10H2,1-2H3. The molecule has 0 saturated carbocycles. The summed E-state index contributed by atoms with van der Waals surface area (Å²) in [5.74, 6) is -0.618. The Morgan fingerprint density at radius 2 is 1.96 bits per heavy atom. The fourth-order valence-electron chi connectivity index (χ4n) is 1.97. The largest absolute Gasteiger partial charge is 0.466 e. The molecule has 1 atom stereocenters. The van der Waals surface area contributed by atoms with Gasteiger partial charge in [-0.15, -0.1) is 11.3 Å². The average molecular weight is 353 g/mol. The van der Waals surface area contributed by atoms with Gasteiger partial charge < -0.3 is 9.47 Å². The van der Waals surface area contributed by atoms with E-state index in [1.54, 1.807) is 13.8 Å². The van der Waals surface area contributed by atoms with Gasteiger partial charge in [-0.2, -0.15) is 0 Å². The van der Waals surface area contributed by atoms with E-state index in [0.717, 1.165) is 14.6 Å². The summed E-state index contributed by atoms with van der Waals surface area (Å²) >= 11 is 2.88. The fraction of sp³-hybridized carbons (Fsp3) is 0.438. The molecule has 1 aromatic carbocycles. The minimum Gasteiger partial charge on any atom is -0.466 e. The minimum atomic E-state index is -0.458. The first-order valence-corrected chi connectivity index (χ1v) is 9.18. The number of ether oxygens (including phenoxy) is 2. The third-order valence-electron chi connectivity index (χ3n) is 2.98. The Kier molecular flexibility index (Phi) is 6.85. The van der Waals surface area contributed by atoms with Crippen LogP contribution < -0.4 is 0 Å². The van der Waals surface area contributed by atoms with Gasteiger partial charge in [0.1, 0.15) is 5.25 Å². The molecule has 0 N–H and O–H groups in total. The van der Waals surface area contributed by atoms with Gasteiger partial charge >= 0.3 is 11.9 Å². The van der Waals surface area contributed by atoms with Crippen LogP contribution in [0.15, 0.2) is 28.6 Å². The van der Waals surface area contributed by atoms with Gasteiger partial charge in [0.2, 0.25) is 0 Å². The lowest BCUT2D eigenvalue weighted by molar-refractivity contribution is -0.144. The highest BCUT2D eigenvalue weighted by molar-refractivity contribution is 8.02. The molecule has 0 saturated heterocycles. The van der Waals surface area contributed by atoms with Crippen molar-refractivity contribution in [3.05, 3.63) is 24.3 Å². The van der Waals surface area contributed by atoms with Gasteiger partial charge in [-0.3, -0.25) is 9.59 Å². The Hall–Kier alpha value is -1.60. The molecule has 0 radical (unpaired) electrons. The third kappa shape index (κ3) is 5.21. The van der Waals surface area contributed by atoms with Gasteiger partial charge in [-0.25, -0.2) is 4.98 Å². The van der Waals surface area contributed by atoms with Crippen LogP contribution in [0.25, 0.3) is 10.2 Å². The van der Waals surface area contributed by atoms with Crippen LogP contribution in [0.1, 0.15) is 26.7 Å². The van der Waals surface area contributed by atoms with Crippen LogP contribution in [0.3, 0.4) is 0 Å². The van der Waals surface area contributed by atoms with E-state index in [0.29, 0.717) is 19.6 Å². The first kappa shape index (κ1) is 17.7. The van der Waals surface area contributed by atoms with Gasteiger partial charge in [-0.05, 0) is 32.4 Å². The molecule has 0 aliphatic rings. The Bertz CT molecular complexity index is 638. The lowest BCUT2D eigenvalue weighted by Crippen LogP contribution is -2.21. The quantitative estimate of drug-likeness (QED) is 0.533. The zero-order chi connectivity index (χ0) is 16.7. The van der Waals surface area contributed by atoms with Gasteiger partial charge in [-0.1, -0.05) is 23.9 Å². The van der Waals surface area contributed by atoms with Crippen LogP contribution in [0.5, 0.6) is 0 Å². The number of esters is 2. The number of aromatic nitrogens is 1. The second kappa shape index (κ2) is 8.88. The summed E-state index contributed by atoms with van der Waals surface area (Å²) in [6, 6.07) is 7.82. The van der Waals surface area contributed by atoms with Crippen molar-refractivity contribution >= 4 is 45.3 Å². The van der Waals surface area contributed by atoms with Crippen molar-refractivity contribution in [3.63, 3.8) is 0 Å². The SMILES string of the molecule is CCOC(=O)CCC(Sc1nc2ccccc2s1)C(=O)OCC. The number of rotatable bonds is 8. The molecular weight excluding hydrogens is 334 g/mol. The maximum absolute atomic E-state index is 12.1. The second-order valence-electron chi connectivity index (χ2n) is 4.65. The Labute approximate surface area is 143 Å². The van der Waals surface area contributed by atoms with E-state index in [2.05, 4.69) is 4.98 Å². The number of fused-ring (bicyclic) bond motifs is 1. The molecular formula is C16H19NO4S2. The van der Waals surface area contributed by atoms with Crippen molar-refractivity contribution in [1.82, 2.24) is 4.98 Å². The maximum Gasteiger partial charge on any atom is 0.319 e. The van der Waals surface area contributed by atoms with E-state index in [4.69, 9.17) is 9.47 Å². The lowest BCUT2D eigenvalue weighted by Gasteiger charge is -2.13. The summed E-state index contributed by atoms with van der Waals surface area (Å²) in [4.78, 5) is 28.2. The summed E-state index contributed by atoms with van der Waals surface area (Å²) in [5.41, 5.74) is 0.910. The van der Waals surface area contributed by atoms with Gasteiger partial charge in [0.25, 0.3) is 0 Å². The maximum atomic E-state index is 12.1. The molecule has 2 rings (SSSR count). The summed E-state index contributed by atoms with van der Waals surface area (Å²) in [6.45, 7) is 4.18. The average Bonchev–Trinajstić information content (AvgIpc) is 2.94. The number of hydrogen-bond donors (Lipinski definition) is 0. The molecule has 23 heavy (non-hydrogen) atoms. The van der Waals surface area contributed by atoms with E-state index >= 15 is 0 Å². The van der Waals surface area contributed by atoms with E-state index in [1.165, 1.54) is 23.1 Å². The van der Waals surface area contributed by atoms with Gasteiger partial charge in [0.15, 0.2) is 4.34 Å². The van der Waals surface area contributed by atoms with Crippen LogP contribution in [-0.4, -0.2) is 35.4 Å². The number of carbonyl (C=O) groups excluding carboxylic acids is 2. The van der Waals surface area contributed by atoms with Crippen LogP contribution in [0, 0.1) is 0 Å².